The summed E-state index contributed by atoms with van der Waals surface area (Å²) in [5.41, 5.74) is -1.38. The van der Waals surface area contributed by atoms with E-state index in [0.717, 1.165) is 22.8 Å². The molecule has 1 radical (unpaired) electrons. The number of aromatic amines is 1. The van der Waals surface area contributed by atoms with E-state index in [9.17, 15) is 27.6 Å². The van der Waals surface area contributed by atoms with Gasteiger partial charge in [-0.15, -0.1) is 0 Å². The second-order valence-corrected chi connectivity index (χ2v) is 8.12. The first-order chi connectivity index (χ1) is 15.8. The van der Waals surface area contributed by atoms with E-state index >= 15 is 0 Å². The summed E-state index contributed by atoms with van der Waals surface area (Å²) in [6.07, 6.45) is 4.39. The minimum absolute atomic E-state index is 0. The zero-order valence-electron chi connectivity index (χ0n) is 18.2. The fourth-order valence-electron chi connectivity index (χ4n) is 4.26. The molecule has 1 saturated carbocycles. The van der Waals surface area contributed by atoms with Crippen LogP contribution in [0.15, 0.2) is 46.0 Å². The SMILES string of the molecule is C[C@@H](NC(=O)[C@@H]([C-]1CC[CH-]CC1)n1c(=O)[nH]c2ccc(F)cc2c1=O)c1ccc(F)cc1F.[Mn+2]. The Labute approximate surface area is 204 Å². The second kappa shape index (κ2) is 10.6. The van der Waals surface area contributed by atoms with Gasteiger partial charge in [0.2, 0.25) is 5.91 Å². The summed E-state index contributed by atoms with van der Waals surface area (Å²) >= 11 is 0. The molecule has 2 N–H and O–H groups in total. The summed E-state index contributed by atoms with van der Waals surface area (Å²) in [7, 11) is 0. The number of carbonyl (C=O) groups excluding carboxylic acids is 1. The molecule has 2 aromatic carbocycles. The van der Waals surface area contributed by atoms with Crippen molar-refractivity contribution in [3.8, 4) is 0 Å². The topological polar surface area (TPSA) is 84.0 Å². The number of benzene rings is 2. The van der Waals surface area contributed by atoms with Gasteiger partial charge < -0.3 is 16.7 Å². The average molecular weight is 512 g/mol. The number of amides is 1. The summed E-state index contributed by atoms with van der Waals surface area (Å²) in [5, 5.41) is 2.59. The zero-order valence-corrected chi connectivity index (χ0v) is 19.4. The minimum atomic E-state index is -1.26. The van der Waals surface area contributed by atoms with Crippen molar-refractivity contribution in [2.75, 3.05) is 0 Å². The van der Waals surface area contributed by atoms with Crippen molar-refractivity contribution in [3.05, 3.63) is 92.6 Å². The van der Waals surface area contributed by atoms with Gasteiger partial charge >= 0.3 is 22.8 Å². The van der Waals surface area contributed by atoms with Crippen LogP contribution in [0.1, 0.15) is 50.3 Å². The molecule has 1 aromatic heterocycles. The quantitative estimate of drug-likeness (QED) is 0.402. The summed E-state index contributed by atoms with van der Waals surface area (Å²) in [5.74, 6) is -2.23. The third-order valence-electron chi connectivity index (χ3n) is 5.91. The summed E-state index contributed by atoms with van der Waals surface area (Å²) in [4.78, 5) is 42.0. The first-order valence-corrected chi connectivity index (χ1v) is 10.6. The predicted octanol–water partition coefficient (Wildman–Crippen LogP) is 3.88. The molecule has 1 aliphatic carbocycles. The van der Waals surface area contributed by atoms with Gasteiger partial charge in [0.05, 0.1) is 16.9 Å². The van der Waals surface area contributed by atoms with Gasteiger partial charge in [0.1, 0.15) is 17.5 Å². The van der Waals surface area contributed by atoms with Crippen molar-refractivity contribution in [2.45, 2.75) is 44.7 Å². The summed E-state index contributed by atoms with van der Waals surface area (Å²) < 4.78 is 42.1. The van der Waals surface area contributed by atoms with E-state index in [0.29, 0.717) is 37.7 Å². The molecule has 3 aromatic rings. The maximum Gasteiger partial charge on any atom is 2.00 e. The van der Waals surface area contributed by atoms with Gasteiger partial charge in [-0.05, 0) is 31.2 Å². The van der Waals surface area contributed by atoms with E-state index in [1.807, 2.05) is 0 Å². The van der Waals surface area contributed by atoms with Crippen LogP contribution in [0.2, 0.25) is 0 Å². The van der Waals surface area contributed by atoms with Crippen molar-refractivity contribution in [1.29, 1.82) is 0 Å². The van der Waals surface area contributed by atoms with Crippen LogP contribution in [0.25, 0.3) is 10.9 Å². The fraction of sp³-hybridized carbons (Fsp3) is 0.292. The van der Waals surface area contributed by atoms with Crippen LogP contribution in [-0.4, -0.2) is 15.5 Å². The third-order valence-corrected chi connectivity index (χ3v) is 5.91. The maximum atomic E-state index is 14.2. The standard InChI is InChI=1S/C24H22F3N3O3.Mn/c1-13(17-9-7-16(26)12-19(17)27)28-22(31)21(14-5-3-2-4-6-14)30-23(32)18-11-15(25)8-10-20(18)29-24(30)33;/h2,7-13,21H,3-6H2,1H3,(H,28,31)(H,29,33);/q-2;+2/t13-,21-;/m1./s1. The normalized spacial score (nSPS) is 16.0. The Bertz CT molecular complexity index is 1320. The second-order valence-electron chi connectivity index (χ2n) is 8.12. The Kier molecular flexibility index (Phi) is 8.04. The van der Waals surface area contributed by atoms with Gasteiger partial charge in [-0.25, -0.2) is 43.6 Å². The molecule has 1 fully saturated rings. The summed E-state index contributed by atoms with van der Waals surface area (Å²) in [6.45, 7) is 1.52. The number of carbonyl (C=O) groups is 1. The Morgan fingerprint density at radius 3 is 2.41 bits per heavy atom. The van der Waals surface area contributed by atoms with Crippen molar-refractivity contribution in [2.24, 2.45) is 0 Å². The average Bonchev–Trinajstić information content (AvgIpc) is 2.77. The number of nitrogens with zero attached hydrogens (tertiary/aromatic N) is 1. The molecule has 0 unspecified atom stereocenters. The molecule has 1 aliphatic rings. The monoisotopic (exact) mass is 512 g/mol. The largest absolute Gasteiger partial charge is 2.00 e. The van der Waals surface area contributed by atoms with Gasteiger partial charge in [-0.3, -0.25) is 20.1 Å². The molecule has 6 nitrogen and oxygen atoms in total. The van der Waals surface area contributed by atoms with Gasteiger partial charge in [0.25, 0.3) is 5.56 Å². The van der Waals surface area contributed by atoms with Crippen molar-refractivity contribution < 1.29 is 35.0 Å². The Hall–Kier alpha value is -2.84. The van der Waals surface area contributed by atoms with Crippen LogP contribution in [0.3, 0.4) is 0 Å². The number of rotatable bonds is 5. The number of nitrogens with one attached hydrogen (secondary N) is 2. The molecule has 34 heavy (non-hydrogen) atoms. The molecule has 2 atom stereocenters. The first-order valence-electron chi connectivity index (χ1n) is 10.6. The molecule has 4 rings (SSSR count). The molecule has 10 heteroatoms. The molecule has 179 valence electrons. The minimum Gasteiger partial charge on any atom is -0.350 e. The van der Waals surface area contributed by atoms with Crippen molar-refractivity contribution in [1.82, 2.24) is 14.9 Å². The fourth-order valence-corrected chi connectivity index (χ4v) is 4.26. The molecule has 0 spiro atoms. The molecular weight excluding hydrogens is 490 g/mol. The van der Waals surface area contributed by atoms with E-state index < -0.39 is 46.7 Å². The Morgan fingerprint density at radius 1 is 1.09 bits per heavy atom. The van der Waals surface area contributed by atoms with E-state index in [2.05, 4.69) is 16.7 Å². The van der Waals surface area contributed by atoms with Crippen LogP contribution in [0.4, 0.5) is 13.2 Å². The molecule has 0 aliphatic heterocycles. The molecule has 1 amide bonds. The van der Waals surface area contributed by atoms with Crippen LogP contribution < -0.4 is 16.6 Å². The Morgan fingerprint density at radius 2 is 1.74 bits per heavy atom. The van der Waals surface area contributed by atoms with E-state index in [-0.39, 0.29) is 33.5 Å². The van der Waals surface area contributed by atoms with E-state index in [4.69, 9.17) is 0 Å². The number of fused-ring (bicyclic) bond motifs is 1. The molecule has 0 saturated heterocycles. The van der Waals surface area contributed by atoms with Crippen molar-refractivity contribution in [3.63, 3.8) is 0 Å². The number of H-pyrrole nitrogens is 1. The van der Waals surface area contributed by atoms with Gasteiger partial charge in [0, 0.05) is 17.7 Å². The molecular formula is C24H22F3MnN3O3. The maximum absolute atomic E-state index is 14.2. The van der Waals surface area contributed by atoms with Crippen LogP contribution >= 0.6 is 0 Å². The van der Waals surface area contributed by atoms with Crippen LogP contribution in [0.5, 0.6) is 0 Å². The number of halogens is 3. The molecule has 1 heterocycles. The predicted molar refractivity (Wildman–Crippen MR) is 117 cm³/mol. The van der Waals surface area contributed by atoms with Crippen LogP contribution in [-0.2, 0) is 21.9 Å². The van der Waals surface area contributed by atoms with Gasteiger partial charge in [0.15, 0.2) is 0 Å². The van der Waals surface area contributed by atoms with Crippen molar-refractivity contribution >= 4 is 16.8 Å². The third kappa shape index (κ3) is 5.13. The van der Waals surface area contributed by atoms with Gasteiger partial charge in [-0.2, -0.15) is 0 Å². The number of hydrogen-bond acceptors (Lipinski definition) is 3. The first kappa shape index (κ1) is 25.8. The number of hydrogen-bond donors (Lipinski definition) is 2. The Balaban J connectivity index is 0.00000324. The number of aromatic nitrogens is 2. The van der Waals surface area contributed by atoms with E-state index in [1.54, 1.807) is 0 Å². The van der Waals surface area contributed by atoms with Gasteiger partial charge in [-0.1, -0.05) is 6.07 Å². The zero-order chi connectivity index (χ0) is 23.7. The van der Waals surface area contributed by atoms with Crippen LogP contribution in [0, 0.1) is 29.8 Å². The van der Waals surface area contributed by atoms with E-state index in [1.165, 1.54) is 19.1 Å². The summed E-state index contributed by atoms with van der Waals surface area (Å²) in [6, 6.07) is 4.33. The smallest absolute Gasteiger partial charge is 0.350 e. The molecule has 0 bridgehead atoms.